The molecule has 14 heavy (non-hydrogen) atoms. The number of halogens is 3. The molecule has 0 aliphatic rings. The van der Waals surface area contributed by atoms with Gasteiger partial charge in [0.15, 0.2) is 5.78 Å². The van der Waals surface area contributed by atoms with Crippen molar-refractivity contribution in [2.75, 3.05) is 0 Å². The lowest BCUT2D eigenvalue weighted by Crippen LogP contribution is -2.01. The van der Waals surface area contributed by atoms with Gasteiger partial charge in [0.2, 0.25) is 0 Å². The fourth-order valence-electron chi connectivity index (χ4n) is 1.18. The van der Waals surface area contributed by atoms with Crippen LogP contribution in [0.1, 0.15) is 34.8 Å². The minimum atomic E-state index is -2.69. The minimum absolute atomic E-state index is 0.0630. The summed E-state index contributed by atoms with van der Waals surface area (Å²) in [6, 6.07) is 1.95. The van der Waals surface area contributed by atoms with Crippen molar-refractivity contribution < 1.29 is 18.0 Å². The zero-order valence-electron chi connectivity index (χ0n) is 7.77. The van der Waals surface area contributed by atoms with Gasteiger partial charge in [-0.2, -0.15) is 0 Å². The zero-order chi connectivity index (χ0) is 10.9. The molecule has 0 radical (unpaired) electrons. The Balaban J connectivity index is 3.35. The molecule has 1 aromatic rings. The van der Waals surface area contributed by atoms with E-state index in [1.807, 2.05) is 0 Å². The van der Waals surface area contributed by atoms with Gasteiger partial charge in [-0.1, -0.05) is 0 Å². The lowest BCUT2D eigenvalue weighted by Gasteiger charge is -2.06. The smallest absolute Gasteiger partial charge is 0.263 e. The molecule has 1 nitrogen and oxygen atoms in total. The Morgan fingerprint density at radius 3 is 2.36 bits per heavy atom. The highest BCUT2D eigenvalue weighted by Crippen LogP contribution is 2.24. The molecule has 0 aliphatic carbocycles. The van der Waals surface area contributed by atoms with Crippen LogP contribution in [0.25, 0.3) is 0 Å². The number of Topliss-reactive ketones (excluding diaryl/α,β-unsaturated/α-hetero) is 1. The number of carbonyl (C=O) groups is 1. The number of hydrogen-bond acceptors (Lipinski definition) is 1. The molecule has 0 unspecified atom stereocenters. The zero-order valence-corrected chi connectivity index (χ0v) is 7.77. The Bertz CT molecular complexity index is 372. The van der Waals surface area contributed by atoms with Crippen LogP contribution < -0.4 is 0 Å². The van der Waals surface area contributed by atoms with Gasteiger partial charge in [0.25, 0.3) is 6.43 Å². The minimum Gasteiger partial charge on any atom is -0.294 e. The molecule has 0 bridgehead atoms. The van der Waals surface area contributed by atoms with E-state index < -0.39 is 18.0 Å². The predicted molar refractivity (Wildman–Crippen MR) is 46.1 cm³/mol. The second-order valence-corrected chi connectivity index (χ2v) is 3.06. The number of aryl methyl sites for hydroxylation is 1. The first-order valence-electron chi connectivity index (χ1n) is 4.02. The average Bonchev–Trinajstić information content (AvgIpc) is 2.08. The van der Waals surface area contributed by atoms with Crippen LogP contribution in [0.4, 0.5) is 13.2 Å². The van der Waals surface area contributed by atoms with E-state index in [4.69, 9.17) is 0 Å². The molecule has 0 N–H and O–H groups in total. The molecule has 4 heteroatoms. The topological polar surface area (TPSA) is 17.1 Å². The highest BCUT2D eigenvalue weighted by Gasteiger charge is 2.15. The Morgan fingerprint density at radius 2 is 1.93 bits per heavy atom. The number of rotatable bonds is 2. The highest BCUT2D eigenvalue weighted by atomic mass is 19.3. The van der Waals surface area contributed by atoms with E-state index in [0.29, 0.717) is 0 Å². The number of benzene rings is 1. The van der Waals surface area contributed by atoms with Crippen molar-refractivity contribution in [2.45, 2.75) is 20.3 Å². The molecule has 1 rings (SSSR count). The molecule has 0 saturated carbocycles. The van der Waals surface area contributed by atoms with Gasteiger partial charge in [-0.25, -0.2) is 13.2 Å². The monoisotopic (exact) mass is 202 g/mol. The van der Waals surface area contributed by atoms with Crippen LogP contribution >= 0.6 is 0 Å². The first-order valence-corrected chi connectivity index (χ1v) is 4.02. The molecule has 0 fully saturated rings. The van der Waals surface area contributed by atoms with E-state index in [-0.39, 0.29) is 16.7 Å². The van der Waals surface area contributed by atoms with E-state index >= 15 is 0 Å². The number of carbonyl (C=O) groups excluding carboxylic acids is 1. The van der Waals surface area contributed by atoms with E-state index in [0.717, 1.165) is 19.1 Å². The molecule has 76 valence electrons. The Labute approximate surface area is 79.5 Å². The van der Waals surface area contributed by atoms with Crippen LogP contribution in [-0.4, -0.2) is 5.78 Å². The van der Waals surface area contributed by atoms with Crippen LogP contribution in [-0.2, 0) is 0 Å². The van der Waals surface area contributed by atoms with Gasteiger partial charge in [0.1, 0.15) is 5.82 Å². The molecule has 0 heterocycles. The first-order chi connectivity index (χ1) is 6.43. The van der Waals surface area contributed by atoms with Gasteiger partial charge in [-0.3, -0.25) is 4.79 Å². The summed E-state index contributed by atoms with van der Waals surface area (Å²) >= 11 is 0. The molecular formula is C10H9F3O. The maximum Gasteiger partial charge on any atom is 0.263 e. The molecular weight excluding hydrogens is 193 g/mol. The van der Waals surface area contributed by atoms with Crippen LogP contribution in [0.3, 0.4) is 0 Å². The Morgan fingerprint density at radius 1 is 1.36 bits per heavy atom. The standard InChI is InChI=1S/C10H9F3O/c1-5-3-7(10(12)13)4-8(6(2)14)9(5)11/h3-4,10H,1-2H3. The van der Waals surface area contributed by atoms with Gasteiger partial charge in [0.05, 0.1) is 5.56 Å². The van der Waals surface area contributed by atoms with Gasteiger partial charge >= 0.3 is 0 Å². The third-order valence-electron chi connectivity index (χ3n) is 1.91. The highest BCUT2D eigenvalue weighted by molar-refractivity contribution is 5.94. The summed E-state index contributed by atoms with van der Waals surface area (Å²) in [7, 11) is 0. The van der Waals surface area contributed by atoms with Gasteiger partial charge in [0, 0.05) is 5.56 Å². The van der Waals surface area contributed by atoms with Crippen molar-refractivity contribution in [1.82, 2.24) is 0 Å². The molecule has 0 amide bonds. The maximum absolute atomic E-state index is 13.2. The SMILES string of the molecule is CC(=O)c1cc(C(F)F)cc(C)c1F. The summed E-state index contributed by atoms with van der Waals surface area (Å²) in [6.07, 6.45) is -2.69. The third kappa shape index (κ3) is 1.95. The van der Waals surface area contributed by atoms with Crippen molar-refractivity contribution in [3.05, 3.63) is 34.6 Å². The summed E-state index contributed by atoms with van der Waals surface area (Å²) in [5, 5.41) is 0. The van der Waals surface area contributed by atoms with E-state index in [2.05, 4.69) is 0 Å². The number of alkyl halides is 2. The van der Waals surface area contributed by atoms with Crippen molar-refractivity contribution in [1.29, 1.82) is 0 Å². The molecule has 1 aromatic carbocycles. The van der Waals surface area contributed by atoms with Crippen molar-refractivity contribution in [3.8, 4) is 0 Å². The number of ketones is 1. The molecule has 0 atom stereocenters. The van der Waals surface area contributed by atoms with Crippen LogP contribution in [0.15, 0.2) is 12.1 Å². The van der Waals surface area contributed by atoms with E-state index in [1.54, 1.807) is 0 Å². The van der Waals surface area contributed by atoms with Crippen LogP contribution in [0.2, 0.25) is 0 Å². The number of hydrogen-bond donors (Lipinski definition) is 0. The lowest BCUT2D eigenvalue weighted by molar-refractivity contribution is 0.101. The van der Waals surface area contributed by atoms with Crippen LogP contribution in [0.5, 0.6) is 0 Å². The molecule has 0 aliphatic heterocycles. The summed E-state index contributed by atoms with van der Waals surface area (Å²) in [4.78, 5) is 10.9. The Kier molecular flexibility index (Phi) is 2.93. The second kappa shape index (κ2) is 3.82. The van der Waals surface area contributed by atoms with E-state index in [1.165, 1.54) is 6.92 Å². The van der Waals surface area contributed by atoms with E-state index in [9.17, 15) is 18.0 Å². The largest absolute Gasteiger partial charge is 0.294 e. The Hall–Kier alpha value is -1.32. The van der Waals surface area contributed by atoms with Gasteiger partial charge in [-0.15, -0.1) is 0 Å². The second-order valence-electron chi connectivity index (χ2n) is 3.06. The summed E-state index contributed by atoms with van der Waals surface area (Å²) < 4.78 is 37.8. The fourth-order valence-corrected chi connectivity index (χ4v) is 1.18. The maximum atomic E-state index is 13.2. The average molecular weight is 202 g/mol. The lowest BCUT2D eigenvalue weighted by atomic mass is 10.0. The summed E-state index contributed by atoms with van der Waals surface area (Å²) in [5.74, 6) is -1.27. The normalized spacial score (nSPS) is 10.7. The summed E-state index contributed by atoms with van der Waals surface area (Å²) in [6.45, 7) is 2.50. The quantitative estimate of drug-likeness (QED) is 0.672. The van der Waals surface area contributed by atoms with Crippen molar-refractivity contribution in [2.24, 2.45) is 0 Å². The summed E-state index contributed by atoms with van der Waals surface area (Å²) in [5.41, 5.74) is -0.539. The van der Waals surface area contributed by atoms with Crippen molar-refractivity contribution >= 4 is 5.78 Å². The molecule has 0 aromatic heterocycles. The van der Waals surface area contributed by atoms with Gasteiger partial charge in [-0.05, 0) is 31.5 Å². The van der Waals surface area contributed by atoms with Crippen LogP contribution in [0, 0.1) is 12.7 Å². The fraction of sp³-hybridized carbons (Fsp3) is 0.300. The third-order valence-corrected chi connectivity index (χ3v) is 1.91. The van der Waals surface area contributed by atoms with Crippen molar-refractivity contribution in [3.63, 3.8) is 0 Å². The molecule has 0 saturated heterocycles. The molecule has 0 spiro atoms. The predicted octanol–water partition coefficient (Wildman–Crippen LogP) is 3.27. The first kappa shape index (κ1) is 10.8. The van der Waals surface area contributed by atoms with Gasteiger partial charge < -0.3 is 0 Å².